The van der Waals surface area contributed by atoms with Crippen LogP contribution in [0, 0.1) is 0 Å². The molecular weight excluding hydrogens is 268 g/mol. The minimum atomic E-state index is 0.151. The Bertz CT molecular complexity index is 517. The number of anilines is 1. The molecule has 0 radical (unpaired) electrons. The van der Waals surface area contributed by atoms with Crippen molar-refractivity contribution in [1.29, 1.82) is 0 Å². The zero-order valence-electron chi connectivity index (χ0n) is 11.9. The zero-order chi connectivity index (χ0) is 14.2. The Morgan fingerprint density at radius 2 is 1.95 bits per heavy atom. The molecule has 2 rings (SSSR count). The van der Waals surface area contributed by atoms with Crippen molar-refractivity contribution in [2.24, 2.45) is 0 Å². The third kappa shape index (κ3) is 4.78. The van der Waals surface area contributed by atoms with Crippen LogP contribution in [-0.2, 0) is 0 Å². The predicted octanol–water partition coefficient (Wildman–Crippen LogP) is 4.07. The number of rotatable bonds is 7. The summed E-state index contributed by atoms with van der Waals surface area (Å²) in [5, 5.41) is 3.33. The van der Waals surface area contributed by atoms with E-state index in [2.05, 4.69) is 34.6 Å². The first-order chi connectivity index (χ1) is 9.75. The second-order valence-electron chi connectivity index (χ2n) is 4.61. The Labute approximate surface area is 124 Å². The van der Waals surface area contributed by atoms with E-state index >= 15 is 0 Å². The van der Waals surface area contributed by atoms with Gasteiger partial charge in [0, 0.05) is 23.4 Å². The van der Waals surface area contributed by atoms with Crippen molar-refractivity contribution in [2.75, 3.05) is 17.6 Å². The lowest BCUT2D eigenvalue weighted by Gasteiger charge is -2.14. The minimum Gasteiger partial charge on any atom is -0.487 e. The first-order valence-electron chi connectivity index (χ1n) is 6.79. The van der Waals surface area contributed by atoms with Crippen LogP contribution in [0.3, 0.4) is 0 Å². The predicted molar refractivity (Wildman–Crippen MR) is 85.7 cm³/mol. The number of aromatic nitrogens is 1. The number of ether oxygens (including phenoxy) is 1. The number of hydrogen-bond donors (Lipinski definition) is 1. The highest BCUT2D eigenvalue weighted by atomic mass is 32.2. The summed E-state index contributed by atoms with van der Waals surface area (Å²) in [7, 11) is 0. The smallest absolute Gasteiger partial charge is 0.168 e. The molecule has 0 aliphatic carbocycles. The number of thioether (sulfide) groups is 1. The van der Waals surface area contributed by atoms with Crippen LogP contribution in [0.1, 0.15) is 13.8 Å². The highest BCUT2D eigenvalue weighted by Crippen LogP contribution is 2.22. The molecule has 0 amide bonds. The summed E-state index contributed by atoms with van der Waals surface area (Å²) in [5.74, 6) is 2.61. The summed E-state index contributed by atoms with van der Waals surface area (Å²) < 4.78 is 5.73. The molecule has 0 saturated heterocycles. The van der Waals surface area contributed by atoms with E-state index < -0.39 is 0 Å². The van der Waals surface area contributed by atoms with Gasteiger partial charge >= 0.3 is 0 Å². The van der Waals surface area contributed by atoms with Crippen molar-refractivity contribution in [3.8, 4) is 5.75 Å². The maximum Gasteiger partial charge on any atom is 0.168 e. The van der Waals surface area contributed by atoms with Gasteiger partial charge in [-0.05, 0) is 38.1 Å². The average Bonchev–Trinajstić information content (AvgIpc) is 2.46. The molecule has 0 unspecified atom stereocenters. The summed E-state index contributed by atoms with van der Waals surface area (Å²) in [6.07, 6.45) is 1.93. The largest absolute Gasteiger partial charge is 0.487 e. The summed E-state index contributed by atoms with van der Waals surface area (Å²) in [4.78, 5) is 5.62. The van der Waals surface area contributed by atoms with Crippen molar-refractivity contribution in [1.82, 2.24) is 4.98 Å². The molecule has 0 saturated carbocycles. The molecule has 1 aromatic heterocycles. The van der Waals surface area contributed by atoms with Gasteiger partial charge in [0.1, 0.15) is 0 Å². The van der Waals surface area contributed by atoms with Crippen LogP contribution in [0.15, 0.2) is 53.6 Å². The number of benzene rings is 1. The van der Waals surface area contributed by atoms with E-state index in [0.29, 0.717) is 0 Å². The van der Waals surface area contributed by atoms with E-state index in [9.17, 15) is 0 Å². The number of hydrogen-bond acceptors (Lipinski definition) is 4. The summed E-state index contributed by atoms with van der Waals surface area (Å²) in [6.45, 7) is 4.88. The topological polar surface area (TPSA) is 34.1 Å². The molecule has 1 aromatic carbocycles. The molecule has 106 valence electrons. The molecule has 0 aliphatic rings. The van der Waals surface area contributed by atoms with Crippen molar-refractivity contribution in [2.45, 2.75) is 24.8 Å². The molecule has 0 atom stereocenters. The van der Waals surface area contributed by atoms with Crippen LogP contribution in [-0.4, -0.2) is 23.4 Å². The molecule has 1 heterocycles. The van der Waals surface area contributed by atoms with E-state index in [1.54, 1.807) is 6.20 Å². The van der Waals surface area contributed by atoms with Crippen molar-refractivity contribution in [3.05, 3.63) is 48.7 Å². The molecule has 0 aliphatic heterocycles. The van der Waals surface area contributed by atoms with Gasteiger partial charge in [0.15, 0.2) is 11.6 Å². The quantitative estimate of drug-likeness (QED) is 0.615. The van der Waals surface area contributed by atoms with Crippen molar-refractivity contribution < 1.29 is 4.74 Å². The molecule has 0 fully saturated rings. The Morgan fingerprint density at radius 3 is 2.70 bits per heavy atom. The first-order valence-corrected chi connectivity index (χ1v) is 7.77. The van der Waals surface area contributed by atoms with Gasteiger partial charge < -0.3 is 10.1 Å². The maximum absolute atomic E-state index is 5.73. The van der Waals surface area contributed by atoms with Crippen LogP contribution in [0.25, 0.3) is 0 Å². The molecule has 2 aromatic rings. The molecule has 0 spiro atoms. The van der Waals surface area contributed by atoms with E-state index in [4.69, 9.17) is 4.74 Å². The standard InChI is InChI=1S/C16H20N2OS/c1-13(2)19-15-9-6-10-17-16(15)18-11-12-20-14-7-4-3-5-8-14/h3-10,13H,11-12H2,1-2H3,(H,17,18). The highest BCUT2D eigenvalue weighted by molar-refractivity contribution is 7.99. The SMILES string of the molecule is CC(C)Oc1cccnc1NCCSc1ccccc1. The van der Waals surface area contributed by atoms with Crippen molar-refractivity contribution in [3.63, 3.8) is 0 Å². The second kappa shape index (κ2) is 7.80. The van der Waals surface area contributed by atoms with E-state index in [-0.39, 0.29) is 6.10 Å². The summed E-state index contributed by atoms with van der Waals surface area (Å²) in [6, 6.07) is 14.2. The first kappa shape index (κ1) is 14.7. The maximum atomic E-state index is 5.73. The van der Waals surface area contributed by atoms with Crippen LogP contribution in [0.5, 0.6) is 5.75 Å². The number of nitrogens with one attached hydrogen (secondary N) is 1. The van der Waals surface area contributed by atoms with E-state index in [0.717, 1.165) is 23.9 Å². The number of nitrogens with zero attached hydrogens (tertiary/aromatic N) is 1. The average molecular weight is 288 g/mol. The van der Waals surface area contributed by atoms with E-state index in [1.165, 1.54) is 4.90 Å². The van der Waals surface area contributed by atoms with Gasteiger partial charge in [0.25, 0.3) is 0 Å². The summed E-state index contributed by atoms with van der Waals surface area (Å²) in [5.41, 5.74) is 0. The lowest BCUT2D eigenvalue weighted by Crippen LogP contribution is -2.11. The number of pyridine rings is 1. The van der Waals surface area contributed by atoms with Gasteiger partial charge in [-0.2, -0.15) is 0 Å². The fraction of sp³-hybridized carbons (Fsp3) is 0.312. The lowest BCUT2D eigenvalue weighted by atomic mass is 10.4. The molecule has 0 bridgehead atoms. The van der Waals surface area contributed by atoms with Crippen LogP contribution in [0.2, 0.25) is 0 Å². The van der Waals surface area contributed by atoms with Crippen molar-refractivity contribution >= 4 is 17.6 Å². The van der Waals surface area contributed by atoms with Gasteiger partial charge in [0.2, 0.25) is 0 Å². The Morgan fingerprint density at radius 1 is 1.15 bits per heavy atom. The van der Waals surface area contributed by atoms with Crippen LogP contribution < -0.4 is 10.1 Å². The molecule has 1 N–H and O–H groups in total. The third-order valence-electron chi connectivity index (χ3n) is 2.54. The van der Waals surface area contributed by atoms with E-state index in [1.807, 2.05) is 43.8 Å². The van der Waals surface area contributed by atoms with Gasteiger partial charge in [0.05, 0.1) is 6.10 Å². The molecule has 20 heavy (non-hydrogen) atoms. The Kier molecular flexibility index (Phi) is 5.74. The monoisotopic (exact) mass is 288 g/mol. The third-order valence-corrected chi connectivity index (χ3v) is 3.55. The summed E-state index contributed by atoms with van der Waals surface area (Å²) >= 11 is 1.83. The molecule has 4 heteroatoms. The lowest BCUT2D eigenvalue weighted by molar-refractivity contribution is 0.243. The fourth-order valence-corrected chi connectivity index (χ4v) is 2.52. The van der Waals surface area contributed by atoms with Gasteiger partial charge in [-0.25, -0.2) is 4.98 Å². The van der Waals surface area contributed by atoms with Gasteiger partial charge in [-0.15, -0.1) is 11.8 Å². The highest BCUT2D eigenvalue weighted by Gasteiger charge is 2.05. The van der Waals surface area contributed by atoms with Crippen LogP contribution in [0.4, 0.5) is 5.82 Å². The van der Waals surface area contributed by atoms with Crippen LogP contribution >= 0.6 is 11.8 Å². The fourth-order valence-electron chi connectivity index (χ4n) is 1.73. The Hall–Kier alpha value is -1.68. The second-order valence-corrected chi connectivity index (χ2v) is 5.77. The minimum absolute atomic E-state index is 0.151. The molecule has 3 nitrogen and oxygen atoms in total. The molecular formula is C16H20N2OS. The zero-order valence-corrected chi connectivity index (χ0v) is 12.7. The Balaban J connectivity index is 1.82. The van der Waals surface area contributed by atoms with Gasteiger partial charge in [-0.3, -0.25) is 0 Å². The van der Waals surface area contributed by atoms with Gasteiger partial charge in [-0.1, -0.05) is 18.2 Å². The normalized spacial score (nSPS) is 10.6.